The summed E-state index contributed by atoms with van der Waals surface area (Å²) in [5.41, 5.74) is 3.28. The third-order valence-corrected chi connectivity index (χ3v) is 2.71. The van der Waals surface area contributed by atoms with E-state index in [0.29, 0.717) is 0 Å². The quantitative estimate of drug-likeness (QED) is 0.748. The second-order valence-electron chi connectivity index (χ2n) is 3.89. The van der Waals surface area contributed by atoms with Gasteiger partial charge in [0.1, 0.15) is 0 Å². The van der Waals surface area contributed by atoms with E-state index >= 15 is 0 Å². The van der Waals surface area contributed by atoms with Crippen molar-refractivity contribution >= 4 is 5.69 Å². The number of ether oxygens (including phenoxy) is 1. The summed E-state index contributed by atoms with van der Waals surface area (Å²) in [6.07, 6.45) is 0. The highest BCUT2D eigenvalue weighted by molar-refractivity contribution is 5.50. The summed E-state index contributed by atoms with van der Waals surface area (Å²) >= 11 is 0. The molecule has 1 N–H and O–H groups in total. The van der Waals surface area contributed by atoms with Gasteiger partial charge in [-0.1, -0.05) is 6.07 Å². The van der Waals surface area contributed by atoms with Crippen LogP contribution in [0.5, 0.6) is 0 Å². The second kappa shape index (κ2) is 6.51. The monoisotopic (exact) mass is 223 g/mol. The van der Waals surface area contributed by atoms with Crippen molar-refractivity contribution in [3.05, 3.63) is 29.3 Å². The lowest BCUT2D eigenvalue weighted by molar-refractivity contribution is 0.154. The molecule has 0 heterocycles. The summed E-state index contributed by atoms with van der Waals surface area (Å²) in [4.78, 5) is 2.16. The van der Waals surface area contributed by atoms with E-state index in [1.165, 1.54) is 0 Å². The number of hydrogen-bond donors (Lipinski definition) is 1. The number of aryl methyl sites for hydroxylation is 1. The van der Waals surface area contributed by atoms with Crippen LogP contribution in [0.15, 0.2) is 18.2 Å². The van der Waals surface area contributed by atoms with E-state index < -0.39 is 0 Å². The molecule has 0 aliphatic carbocycles. The number of benzene rings is 1. The van der Waals surface area contributed by atoms with Gasteiger partial charge in [0.15, 0.2) is 0 Å². The van der Waals surface area contributed by atoms with Crippen molar-refractivity contribution in [2.45, 2.75) is 20.5 Å². The topological polar surface area (TPSA) is 32.7 Å². The largest absolute Gasteiger partial charge is 0.392 e. The summed E-state index contributed by atoms with van der Waals surface area (Å²) in [5, 5.41) is 9.09. The molecule has 0 atom stereocenters. The molecule has 0 aliphatic heterocycles. The molecule has 0 bridgehead atoms. The van der Waals surface area contributed by atoms with E-state index in [1.54, 1.807) is 0 Å². The van der Waals surface area contributed by atoms with Gasteiger partial charge >= 0.3 is 0 Å². The lowest BCUT2D eigenvalue weighted by Gasteiger charge is -2.20. The first kappa shape index (κ1) is 13.0. The van der Waals surface area contributed by atoms with Crippen molar-refractivity contribution in [3.8, 4) is 0 Å². The predicted molar refractivity (Wildman–Crippen MR) is 66.9 cm³/mol. The molecule has 0 aromatic heterocycles. The maximum absolute atomic E-state index is 9.09. The van der Waals surface area contributed by atoms with E-state index in [2.05, 4.69) is 11.0 Å². The molecule has 1 aromatic rings. The van der Waals surface area contributed by atoms with E-state index in [4.69, 9.17) is 9.84 Å². The van der Waals surface area contributed by atoms with Crippen LogP contribution in [0.1, 0.15) is 18.1 Å². The third kappa shape index (κ3) is 3.51. The van der Waals surface area contributed by atoms with Crippen LogP contribution in [-0.2, 0) is 11.3 Å². The van der Waals surface area contributed by atoms with Gasteiger partial charge in [0, 0.05) is 25.9 Å². The lowest BCUT2D eigenvalue weighted by atomic mass is 10.1. The van der Waals surface area contributed by atoms with Crippen LogP contribution in [0.25, 0.3) is 0 Å². The minimum atomic E-state index is 0.106. The number of likely N-dealkylation sites (N-methyl/N-ethyl adjacent to an activating group) is 1. The Morgan fingerprint density at radius 3 is 2.69 bits per heavy atom. The lowest BCUT2D eigenvalue weighted by Crippen LogP contribution is -2.22. The first-order valence-electron chi connectivity index (χ1n) is 5.68. The zero-order valence-electron chi connectivity index (χ0n) is 10.4. The molecular weight excluding hydrogens is 202 g/mol. The molecule has 0 radical (unpaired) electrons. The third-order valence-electron chi connectivity index (χ3n) is 2.71. The highest BCUT2D eigenvalue weighted by Gasteiger charge is 2.03. The summed E-state index contributed by atoms with van der Waals surface area (Å²) in [5.74, 6) is 0. The van der Waals surface area contributed by atoms with E-state index in [0.717, 1.165) is 36.6 Å². The molecule has 90 valence electrons. The van der Waals surface area contributed by atoms with Crippen molar-refractivity contribution in [3.63, 3.8) is 0 Å². The van der Waals surface area contributed by atoms with Gasteiger partial charge < -0.3 is 14.7 Å². The zero-order chi connectivity index (χ0) is 12.0. The van der Waals surface area contributed by atoms with Crippen LogP contribution in [0.4, 0.5) is 5.69 Å². The number of aliphatic hydroxyl groups excluding tert-OH is 1. The molecule has 0 saturated heterocycles. The van der Waals surface area contributed by atoms with Gasteiger partial charge in [-0.25, -0.2) is 0 Å². The fourth-order valence-electron chi connectivity index (χ4n) is 1.57. The Hall–Kier alpha value is -1.06. The van der Waals surface area contributed by atoms with Gasteiger partial charge in [-0.05, 0) is 37.1 Å². The van der Waals surface area contributed by atoms with Gasteiger partial charge in [0.2, 0.25) is 0 Å². The SMILES string of the molecule is CCOCCN(C)c1ccc(CO)c(C)c1. The fourth-order valence-corrected chi connectivity index (χ4v) is 1.57. The van der Waals surface area contributed by atoms with Crippen molar-refractivity contribution in [1.82, 2.24) is 0 Å². The number of anilines is 1. The summed E-state index contributed by atoms with van der Waals surface area (Å²) in [7, 11) is 2.05. The summed E-state index contributed by atoms with van der Waals surface area (Å²) < 4.78 is 5.32. The Bertz CT molecular complexity index is 326. The molecule has 16 heavy (non-hydrogen) atoms. The van der Waals surface area contributed by atoms with Crippen molar-refractivity contribution in [1.29, 1.82) is 0 Å². The first-order chi connectivity index (χ1) is 7.69. The Labute approximate surface area is 97.7 Å². The number of aliphatic hydroxyl groups is 1. The normalized spacial score (nSPS) is 10.5. The molecule has 1 aromatic carbocycles. The highest BCUT2D eigenvalue weighted by atomic mass is 16.5. The first-order valence-corrected chi connectivity index (χ1v) is 5.68. The van der Waals surface area contributed by atoms with E-state index in [-0.39, 0.29) is 6.61 Å². The summed E-state index contributed by atoms with van der Waals surface area (Å²) in [6, 6.07) is 6.10. The summed E-state index contributed by atoms with van der Waals surface area (Å²) in [6.45, 7) is 6.51. The zero-order valence-corrected chi connectivity index (χ0v) is 10.4. The van der Waals surface area contributed by atoms with Gasteiger partial charge in [-0.2, -0.15) is 0 Å². The van der Waals surface area contributed by atoms with Crippen molar-refractivity contribution < 1.29 is 9.84 Å². The van der Waals surface area contributed by atoms with Gasteiger partial charge in [0.05, 0.1) is 13.2 Å². The minimum absolute atomic E-state index is 0.106. The fraction of sp³-hybridized carbons (Fsp3) is 0.538. The van der Waals surface area contributed by atoms with Crippen LogP contribution in [0, 0.1) is 6.92 Å². The number of nitrogens with zero attached hydrogens (tertiary/aromatic N) is 1. The van der Waals surface area contributed by atoms with Crippen LogP contribution in [-0.4, -0.2) is 31.9 Å². The molecule has 0 aliphatic rings. The molecule has 1 rings (SSSR count). The molecule has 0 spiro atoms. The number of hydrogen-bond acceptors (Lipinski definition) is 3. The van der Waals surface area contributed by atoms with E-state index in [9.17, 15) is 0 Å². The average molecular weight is 223 g/mol. The van der Waals surface area contributed by atoms with Crippen LogP contribution in [0.3, 0.4) is 0 Å². The molecule has 0 amide bonds. The molecular formula is C13H21NO2. The van der Waals surface area contributed by atoms with Crippen LogP contribution >= 0.6 is 0 Å². The average Bonchev–Trinajstić information content (AvgIpc) is 2.29. The van der Waals surface area contributed by atoms with Gasteiger partial charge in [0.25, 0.3) is 0 Å². The van der Waals surface area contributed by atoms with E-state index in [1.807, 2.05) is 33.0 Å². The minimum Gasteiger partial charge on any atom is -0.392 e. The maximum Gasteiger partial charge on any atom is 0.0684 e. The van der Waals surface area contributed by atoms with Crippen LogP contribution in [0.2, 0.25) is 0 Å². The Morgan fingerprint density at radius 2 is 2.12 bits per heavy atom. The maximum atomic E-state index is 9.09. The Kier molecular flexibility index (Phi) is 5.29. The van der Waals surface area contributed by atoms with Crippen LogP contribution < -0.4 is 4.90 Å². The van der Waals surface area contributed by atoms with Gasteiger partial charge in [-0.3, -0.25) is 0 Å². The van der Waals surface area contributed by atoms with Gasteiger partial charge in [-0.15, -0.1) is 0 Å². The Morgan fingerprint density at radius 1 is 1.38 bits per heavy atom. The molecule has 0 saturated carbocycles. The highest BCUT2D eigenvalue weighted by Crippen LogP contribution is 2.18. The predicted octanol–water partition coefficient (Wildman–Crippen LogP) is 1.96. The molecule has 0 unspecified atom stereocenters. The molecule has 3 nitrogen and oxygen atoms in total. The molecule has 3 heteroatoms. The number of rotatable bonds is 6. The standard InChI is InChI=1S/C13H21NO2/c1-4-16-8-7-14(3)13-6-5-12(10-15)11(2)9-13/h5-6,9,15H,4,7-8,10H2,1-3H3. The van der Waals surface area contributed by atoms with Crippen molar-refractivity contribution in [2.24, 2.45) is 0 Å². The molecule has 0 fully saturated rings. The smallest absolute Gasteiger partial charge is 0.0684 e. The van der Waals surface area contributed by atoms with Crippen molar-refractivity contribution in [2.75, 3.05) is 31.7 Å². The second-order valence-corrected chi connectivity index (χ2v) is 3.89. The Balaban J connectivity index is 2.62.